The summed E-state index contributed by atoms with van der Waals surface area (Å²) in [6, 6.07) is 0. The van der Waals surface area contributed by atoms with Crippen molar-refractivity contribution in [2.45, 2.75) is 25.9 Å². The Balaban J connectivity index is 2.70. The molecule has 0 aromatic carbocycles. The number of alkyl halides is 4. The van der Waals surface area contributed by atoms with E-state index in [1.54, 1.807) is 6.92 Å². The Hall–Kier alpha value is -1.00. The molecule has 74 valence electrons. The van der Waals surface area contributed by atoms with E-state index in [1.807, 2.05) is 0 Å². The lowest BCUT2D eigenvalue weighted by molar-refractivity contribution is -0.309. The molecule has 0 amide bonds. The maximum Gasteiger partial charge on any atom is 0.572 e. The summed E-state index contributed by atoms with van der Waals surface area (Å²) >= 11 is 0. The van der Waals surface area contributed by atoms with Crippen LogP contribution in [-0.2, 0) is 4.74 Å². The number of hydrogen-bond acceptors (Lipinski definition) is 1. The summed E-state index contributed by atoms with van der Waals surface area (Å²) in [7, 11) is 0. The third-order valence-electron chi connectivity index (χ3n) is 1.58. The number of hydrogen-bond donors (Lipinski definition) is 0. The van der Waals surface area contributed by atoms with Crippen LogP contribution in [0.3, 0.4) is 0 Å². The molecule has 0 fully saturated rings. The molecule has 0 N–H and O–H groups in total. The highest BCUT2D eigenvalue weighted by molar-refractivity contribution is 5.23. The summed E-state index contributed by atoms with van der Waals surface area (Å²) in [6.45, 7) is 1.65. The highest BCUT2D eigenvalue weighted by Crippen LogP contribution is 2.28. The zero-order valence-electron chi connectivity index (χ0n) is 6.86. The minimum absolute atomic E-state index is 0.0398. The van der Waals surface area contributed by atoms with Crippen molar-refractivity contribution in [3.05, 3.63) is 23.5 Å². The molecule has 1 nitrogen and oxygen atoms in total. The Morgan fingerprint density at radius 3 is 2.46 bits per heavy atom. The molecular formula is C8H8F4O. The molecule has 0 aromatic heterocycles. The quantitative estimate of drug-likeness (QED) is 0.585. The lowest BCUT2D eigenvalue weighted by Gasteiger charge is -2.18. The highest BCUT2D eigenvalue weighted by atomic mass is 19.4. The van der Waals surface area contributed by atoms with Gasteiger partial charge in [0, 0.05) is 6.42 Å². The second-order valence-corrected chi connectivity index (χ2v) is 2.80. The van der Waals surface area contributed by atoms with E-state index < -0.39 is 18.3 Å². The van der Waals surface area contributed by atoms with E-state index in [1.165, 1.54) is 6.08 Å². The monoisotopic (exact) mass is 196 g/mol. The molecule has 0 radical (unpaired) electrons. The van der Waals surface area contributed by atoms with Gasteiger partial charge in [0.15, 0.2) is 6.17 Å². The summed E-state index contributed by atoms with van der Waals surface area (Å²) < 4.78 is 51.4. The van der Waals surface area contributed by atoms with Gasteiger partial charge in [0.2, 0.25) is 0 Å². The largest absolute Gasteiger partial charge is 0.572 e. The minimum atomic E-state index is -4.81. The molecule has 1 unspecified atom stereocenters. The Labute approximate surface area is 72.7 Å². The van der Waals surface area contributed by atoms with Crippen molar-refractivity contribution < 1.29 is 22.3 Å². The zero-order valence-corrected chi connectivity index (χ0v) is 6.86. The van der Waals surface area contributed by atoms with Crippen molar-refractivity contribution in [3.8, 4) is 0 Å². The van der Waals surface area contributed by atoms with Crippen LogP contribution in [0.1, 0.15) is 13.3 Å². The molecule has 0 heterocycles. The van der Waals surface area contributed by atoms with Crippen LogP contribution < -0.4 is 0 Å². The molecule has 0 aromatic rings. The fourth-order valence-electron chi connectivity index (χ4n) is 1.01. The van der Waals surface area contributed by atoms with Crippen LogP contribution in [0.25, 0.3) is 0 Å². The molecule has 5 heteroatoms. The van der Waals surface area contributed by atoms with Gasteiger partial charge in [-0.15, -0.1) is 13.2 Å². The van der Waals surface area contributed by atoms with Crippen molar-refractivity contribution in [1.82, 2.24) is 0 Å². The van der Waals surface area contributed by atoms with Gasteiger partial charge in [0.25, 0.3) is 0 Å². The first kappa shape index (κ1) is 10.1. The summed E-state index contributed by atoms with van der Waals surface area (Å²) in [5, 5.41) is 0. The van der Waals surface area contributed by atoms with Crippen LogP contribution in [0, 0.1) is 0 Å². The Morgan fingerprint density at radius 2 is 2.00 bits per heavy atom. The molecule has 1 aliphatic carbocycles. The lowest BCUT2D eigenvalue weighted by Crippen LogP contribution is -2.20. The van der Waals surface area contributed by atoms with E-state index in [-0.39, 0.29) is 6.42 Å². The van der Waals surface area contributed by atoms with Gasteiger partial charge in [-0.25, -0.2) is 4.39 Å². The first-order valence-corrected chi connectivity index (χ1v) is 3.65. The maximum absolute atomic E-state index is 12.9. The average Bonchev–Trinajstić information content (AvgIpc) is 1.93. The molecule has 13 heavy (non-hydrogen) atoms. The number of ether oxygens (including phenoxy) is 1. The van der Waals surface area contributed by atoms with Crippen molar-refractivity contribution in [2.75, 3.05) is 0 Å². The van der Waals surface area contributed by atoms with E-state index in [2.05, 4.69) is 4.74 Å². The SMILES string of the molecule is CC1=CC=C(OC(F)(F)F)C(F)C1. The predicted molar refractivity (Wildman–Crippen MR) is 38.5 cm³/mol. The van der Waals surface area contributed by atoms with Gasteiger partial charge >= 0.3 is 6.36 Å². The van der Waals surface area contributed by atoms with Crippen LogP contribution in [0.2, 0.25) is 0 Å². The fraction of sp³-hybridized carbons (Fsp3) is 0.500. The van der Waals surface area contributed by atoms with Crippen molar-refractivity contribution >= 4 is 0 Å². The molecule has 1 aliphatic rings. The second kappa shape index (κ2) is 3.40. The molecule has 1 rings (SSSR count). The normalized spacial score (nSPS) is 23.6. The van der Waals surface area contributed by atoms with E-state index in [4.69, 9.17) is 0 Å². The molecule has 0 bridgehead atoms. The van der Waals surface area contributed by atoms with Gasteiger partial charge in [-0.05, 0) is 13.0 Å². The predicted octanol–water partition coefficient (Wildman–Crippen LogP) is 3.09. The summed E-state index contributed by atoms with van der Waals surface area (Å²) in [6.07, 6.45) is -4.11. The van der Waals surface area contributed by atoms with Gasteiger partial charge in [0.1, 0.15) is 5.76 Å². The van der Waals surface area contributed by atoms with Crippen molar-refractivity contribution in [3.63, 3.8) is 0 Å². The average molecular weight is 196 g/mol. The van der Waals surface area contributed by atoms with Crippen molar-refractivity contribution in [2.24, 2.45) is 0 Å². The lowest BCUT2D eigenvalue weighted by atomic mass is 10.0. The van der Waals surface area contributed by atoms with Gasteiger partial charge in [-0.3, -0.25) is 0 Å². The summed E-state index contributed by atoms with van der Waals surface area (Å²) in [5.41, 5.74) is 0.696. The van der Waals surface area contributed by atoms with Crippen LogP contribution in [-0.4, -0.2) is 12.5 Å². The number of halogens is 4. The smallest absolute Gasteiger partial charge is 0.407 e. The molecule has 0 saturated carbocycles. The summed E-state index contributed by atoms with van der Waals surface area (Å²) in [5.74, 6) is -0.668. The van der Waals surface area contributed by atoms with Crippen molar-refractivity contribution in [1.29, 1.82) is 0 Å². The van der Waals surface area contributed by atoms with Gasteiger partial charge in [-0.2, -0.15) is 0 Å². The third kappa shape index (κ3) is 3.08. The molecule has 0 saturated heterocycles. The minimum Gasteiger partial charge on any atom is -0.407 e. The second-order valence-electron chi connectivity index (χ2n) is 2.80. The number of rotatable bonds is 1. The fourth-order valence-corrected chi connectivity index (χ4v) is 1.01. The molecule has 0 spiro atoms. The first-order valence-electron chi connectivity index (χ1n) is 3.65. The van der Waals surface area contributed by atoms with Crippen LogP contribution in [0.15, 0.2) is 23.5 Å². The van der Waals surface area contributed by atoms with Gasteiger partial charge < -0.3 is 4.74 Å². The third-order valence-corrected chi connectivity index (χ3v) is 1.58. The topological polar surface area (TPSA) is 9.23 Å². The summed E-state index contributed by atoms with van der Waals surface area (Å²) in [4.78, 5) is 0. The molecular weight excluding hydrogens is 188 g/mol. The first-order chi connectivity index (χ1) is 5.88. The van der Waals surface area contributed by atoms with E-state index in [0.717, 1.165) is 6.08 Å². The van der Waals surface area contributed by atoms with E-state index >= 15 is 0 Å². The van der Waals surface area contributed by atoms with Crippen LogP contribution >= 0.6 is 0 Å². The molecule has 1 atom stereocenters. The van der Waals surface area contributed by atoms with Crippen LogP contribution in [0.4, 0.5) is 17.6 Å². The Kier molecular flexibility index (Phi) is 2.63. The zero-order chi connectivity index (χ0) is 10.1. The number of allylic oxidation sites excluding steroid dienone is 4. The van der Waals surface area contributed by atoms with Crippen LogP contribution in [0.5, 0.6) is 0 Å². The van der Waals surface area contributed by atoms with Gasteiger partial charge in [-0.1, -0.05) is 11.6 Å². The van der Waals surface area contributed by atoms with Gasteiger partial charge in [0.05, 0.1) is 0 Å². The van der Waals surface area contributed by atoms with E-state index in [0.29, 0.717) is 5.57 Å². The Bertz CT molecular complexity index is 251. The van der Waals surface area contributed by atoms with E-state index in [9.17, 15) is 17.6 Å². The standard InChI is InChI=1S/C8H8F4O/c1-5-2-3-7(6(9)4-5)13-8(10,11)12/h2-3,6H,4H2,1H3. The molecule has 0 aliphatic heterocycles. The highest BCUT2D eigenvalue weighted by Gasteiger charge is 2.35. The Morgan fingerprint density at radius 1 is 1.38 bits per heavy atom. The maximum atomic E-state index is 12.9.